The Labute approximate surface area is 59.2 Å². The van der Waals surface area contributed by atoms with E-state index in [1.54, 1.807) is 12.3 Å². The third-order valence-corrected chi connectivity index (χ3v) is 1.23. The Morgan fingerprint density at radius 3 is 2.90 bits per heavy atom. The molecule has 0 amide bonds. The van der Waals surface area contributed by atoms with Crippen LogP contribution in [0, 0.1) is 6.92 Å². The quantitative estimate of drug-likeness (QED) is 0.458. The summed E-state index contributed by atoms with van der Waals surface area (Å²) in [6.45, 7) is 1.92. The number of allylic oxidation sites excluding steroid dienone is 1. The van der Waals surface area contributed by atoms with Gasteiger partial charge in [-0.25, -0.2) is 0 Å². The number of aryl methyl sites for hydroxylation is 1. The molecule has 10 heavy (non-hydrogen) atoms. The molecule has 0 atom stereocenters. The highest BCUT2D eigenvalue weighted by Crippen LogP contribution is 2.09. The second-order valence-corrected chi connectivity index (χ2v) is 1.96. The third kappa shape index (κ3) is 1.35. The molecule has 0 aliphatic rings. The van der Waals surface area contributed by atoms with Crippen molar-refractivity contribution in [1.29, 1.82) is 0 Å². The molecular formula is C8H8O2. The van der Waals surface area contributed by atoms with E-state index in [4.69, 9.17) is 4.42 Å². The minimum Gasteiger partial charge on any atom is -0.465 e. The number of carbonyl (C=O) groups is 1. The minimum atomic E-state index is 0.724. The standard InChI is InChI=1S/C8H8O2/c1-7-4-6-10-8(7)3-2-5-9/h2-6H,1H3/b3-2+. The van der Waals surface area contributed by atoms with Crippen LogP contribution in [0.15, 0.2) is 22.8 Å². The van der Waals surface area contributed by atoms with Crippen molar-refractivity contribution in [2.75, 3.05) is 0 Å². The molecule has 0 bridgehead atoms. The van der Waals surface area contributed by atoms with Crippen LogP contribution in [0.1, 0.15) is 11.3 Å². The lowest BCUT2D eigenvalue weighted by atomic mass is 10.3. The fraction of sp³-hybridized carbons (Fsp3) is 0.125. The summed E-state index contributed by atoms with van der Waals surface area (Å²) >= 11 is 0. The van der Waals surface area contributed by atoms with Gasteiger partial charge in [0, 0.05) is 0 Å². The van der Waals surface area contributed by atoms with Gasteiger partial charge in [-0.3, -0.25) is 4.79 Å². The average molecular weight is 136 g/mol. The van der Waals surface area contributed by atoms with Gasteiger partial charge in [-0.15, -0.1) is 0 Å². The molecule has 0 unspecified atom stereocenters. The molecule has 0 spiro atoms. The number of aldehydes is 1. The van der Waals surface area contributed by atoms with Gasteiger partial charge >= 0.3 is 0 Å². The van der Waals surface area contributed by atoms with E-state index in [0.717, 1.165) is 17.6 Å². The summed E-state index contributed by atoms with van der Waals surface area (Å²) in [5, 5.41) is 0. The highest BCUT2D eigenvalue weighted by atomic mass is 16.3. The first-order valence-electron chi connectivity index (χ1n) is 3.00. The molecule has 0 fully saturated rings. The fourth-order valence-corrected chi connectivity index (χ4v) is 0.682. The van der Waals surface area contributed by atoms with E-state index >= 15 is 0 Å². The first-order chi connectivity index (χ1) is 4.84. The van der Waals surface area contributed by atoms with Crippen molar-refractivity contribution in [2.24, 2.45) is 0 Å². The van der Waals surface area contributed by atoms with Gasteiger partial charge in [0.1, 0.15) is 12.0 Å². The number of hydrogen-bond donors (Lipinski definition) is 0. The van der Waals surface area contributed by atoms with E-state index in [0.29, 0.717) is 0 Å². The summed E-state index contributed by atoms with van der Waals surface area (Å²) < 4.78 is 5.02. The van der Waals surface area contributed by atoms with Gasteiger partial charge in [-0.05, 0) is 30.7 Å². The molecule has 0 saturated heterocycles. The molecule has 1 rings (SSSR count). The minimum absolute atomic E-state index is 0.724. The Morgan fingerprint density at radius 2 is 2.40 bits per heavy atom. The second kappa shape index (κ2) is 3.01. The summed E-state index contributed by atoms with van der Waals surface area (Å²) in [5.74, 6) is 0.743. The lowest BCUT2D eigenvalue weighted by molar-refractivity contribution is -0.104. The van der Waals surface area contributed by atoms with Gasteiger partial charge in [0.15, 0.2) is 0 Å². The van der Waals surface area contributed by atoms with E-state index in [9.17, 15) is 4.79 Å². The molecule has 1 heterocycles. The molecule has 2 heteroatoms. The van der Waals surface area contributed by atoms with Crippen LogP contribution in [0.2, 0.25) is 0 Å². The second-order valence-electron chi connectivity index (χ2n) is 1.96. The maximum atomic E-state index is 9.88. The van der Waals surface area contributed by atoms with Crippen LogP contribution in [-0.4, -0.2) is 6.29 Å². The van der Waals surface area contributed by atoms with Crippen LogP contribution in [0.5, 0.6) is 0 Å². The first-order valence-corrected chi connectivity index (χ1v) is 3.00. The van der Waals surface area contributed by atoms with Gasteiger partial charge < -0.3 is 4.42 Å². The number of furan rings is 1. The van der Waals surface area contributed by atoms with Crippen molar-refractivity contribution < 1.29 is 9.21 Å². The fourth-order valence-electron chi connectivity index (χ4n) is 0.682. The third-order valence-electron chi connectivity index (χ3n) is 1.23. The smallest absolute Gasteiger partial charge is 0.142 e. The Bertz CT molecular complexity index is 246. The molecule has 0 aromatic carbocycles. The SMILES string of the molecule is Cc1ccoc1/C=C/C=O. The van der Waals surface area contributed by atoms with Crippen molar-refractivity contribution in [3.8, 4) is 0 Å². The topological polar surface area (TPSA) is 30.2 Å². The summed E-state index contributed by atoms with van der Waals surface area (Å²) in [6, 6.07) is 1.85. The first kappa shape index (κ1) is 6.81. The van der Waals surface area contributed by atoms with E-state index in [1.807, 2.05) is 13.0 Å². The monoisotopic (exact) mass is 136 g/mol. The highest BCUT2D eigenvalue weighted by molar-refractivity contribution is 5.73. The van der Waals surface area contributed by atoms with Crippen molar-refractivity contribution in [3.05, 3.63) is 29.7 Å². The zero-order chi connectivity index (χ0) is 7.40. The normalized spacial score (nSPS) is 10.5. The van der Waals surface area contributed by atoms with Crippen LogP contribution in [0.25, 0.3) is 6.08 Å². The van der Waals surface area contributed by atoms with Crippen LogP contribution in [0.4, 0.5) is 0 Å². The van der Waals surface area contributed by atoms with Crippen LogP contribution in [0.3, 0.4) is 0 Å². The summed E-state index contributed by atoms with van der Waals surface area (Å²) in [4.78, 5) is 9.88. The lowest BCUT2D eigenvalue weighted by Crippen LogP contribution is -1.68. The maximum absolute atomic E-state index is 9.88. The van der Waals surface area contributed by atoms with Crippen LogP contribution >= 0.6 is 0 Å². The summed E-state index contributed by atoms with van der Waals surface area (Å²) in [7, 11) is 0. The molecule has 0 aliphatic carbocycles. The van der Waals surface area contributed by atoms with Gasteiger partial charge in [-0.2, -0.15) is 0 Å². The lowest BCUT2D eigenvalue weighted by Gasteiger charge is -1.83. The Morgan fingerprint density at radius 1 is 1.60 bits per heavy atom. The summed E-state index contributed by atoms with van der Waals surface area (Å²) in [6.07, 6.45) is 5.37. The molecule has 0 aliphatic heterocycles. The van der Waals surface area contributed by atoms with E-state index < -0.39 is 0 Å². The molecule has 1 aromatic heterocycles. The van der Waals surface area contributed by atoms with Crippen molar-refractivity contribution in [3.63, 3.8) is 0 Å². The zero-order valence-electron chi connectivity index (χ0n) is 5.70. The Kier molecular flexibility index (Phi) is 2.05. The van der Waals surface area contributed by atoms with Crippen LogP contribution < -0.4 is 0 Å². The average Bonchev–Trinajstić information content (AvgIpc) is 2.31. The largest absolute Gasteiger partial charge is 0.465 e. The van der Waals surface area contributed by atoms with E-state index in [-0.39, 0.29) is 0 Å². The number of hydrogen-bond acceptors (Lipinski definition) is 2. The van der Waals surface area contributed by atoms with E-state index in [2.05, 4.69) is 0 Å². The zero-order valence-corrected chi connectivity index (χ0v) is 5.70. The molecule has 2 nitrogen and oxygen atoms in total. The molecule has 1 aromatic rings. The Hall–Kier alpha value is -1.31. The van der Waals surface area contributed by atoms with E-state index in [1.165, 1.54) is 6.08 Å². The molecule has 0 radical (unpaired) electrons. The predicted octanol–water partition coefficient (Wildman–Crippen LogP) is 1.80. The highest BCUT2D eigenvalue weighted by Gasteiger charge is 1.93. The number of carbonyl (C=O) groups excluding carboxylic acids is 1. The van der Waals surface area contributed by atoms with Gasteiger partial charge in [0.2, 0.25) is 0 Å². The van der Waals surface area contributed by atoms with Crippen molar-refractivity contribution in [1.82, 2.24) is 0 Å². The molecule has 52 valence electrons. The van der Waals surface area contributed by atoms with Crippen LogP contribution in [-0.2, 0) is 4.79 Å². The maximum Gasteiger partial charge on any atom is 0.142 e. The van der Waals surface area contributed by atoms with Gasteiger partial charge in [0.05, 0.1) is 6.26 Å². The summed E-state index contributed by atoms with van der Waals surface area (Å²) in [5.41, 5.74) is 1.04. The number of rotatable bonds is 2. The molecular weight excluding hydrogens is 128 g/mol. The molecule has 0 saturated carbocycles. The molecule has 0 N–H and O–H groups in total. The van der Waals surface area contributed by atoms with Crippen molar-refractivity contribution in [2.45, 2.75) is 6.92 Å². The van der Waals surface area contributed by atoms with Gasteiger partial charge in [0.25, 0.3) is 0 Å². The predicted molar refractivity (Wildman–Crippen MR) is 38.5 cm³/mol. The van der Waals surface area contributed by atoms with Crippen molar-refractivity contribution >= 4 is 12.4 Å². The Balaban J connectivity index is 2.83. The van der Waals surface area contributed by atoms with Gasteiger partial charge in [-0.1, -0.05) is 0 Å².